The third-order valence-electron chi connectivity index (χ3n) is 5.15. The number of carboxylic acid groups (broad SMARTS) is 1. The Morgan fingerprint density at radius 1 is 1.24 bits per heavy atom. The van der Waals surface area contributed by atoms with E-state index >= 15 is 0 Å². The highest BCUT2D eigenvalue weighted by atomic mass is 16.5. The number of carboxylic acids is 1. The summed E-state index contributed by atoms with van der Waals surface area (Å²) in [6.07, 6.45) is 2.02. The van der Waals surface area contributed by atoms with E-state index in [1.165, 1.54) is 10.9 Å². The molecule has 5 nitrogen and oxygen atoms in total. The van der Waals surface area contributed by atoms with Crippen molar-refractivity contribution in [2.24, 2.45) is 0 Å². The molecule has 1 saturated carbocycles. The number of nitrogens with one attached hydrogen (secondary N) is 1. The number of hydrogen-bond donors (Lipinski definition) is 2. The maximum absolute atomic E-state index is 10.9. The predicted octanol–water partition coefficient (Wildman–Crippen LogP) is 2.88. The number of ether oxygens (including phenoxy) is 1. The van der Waals surface area contributed by atoms with Crippen LogP contribution in [0.3, 0.4) is 0 Å². The molecule has 0 bridgehead atoms. The van der Waals surface area contributed by atoms with Gasteiger partial charge in [0.05, 0.1) is 13.7 Å². The summed E-state index contributed by atoms with van der Waals surface area (Å²) < 4.78 is 5.45. The Morgan fingerprint density at radius 2 is 1.96 bits per heavy atom. The number of carbonyl (C=O) groups is 1. The van der Waals surface area contributed by atoms with Gasteiger partial charge < -0.3 is 15.2 Å². The van der Waals surface area contributed by atoms with Gasteiger partial charge in [-0.25, -0.2) is 0 Å². The summed E-state index contributed by atoms with van der Waals surface area (Å²) in [6.45, 7) is 3.75. The Hall–Kier alpha value is -2.11. The van der Waals surface area contributed by atoms with E-state index in [0.29, 0.717) is 12.1 Å². The van der Waals surface area contributed by atoms with Crippen molar-refractivity contribution in [1.29, 1.82) is 0 Å². The summed E-state index contributed by atoms with van der Waals surface area (Å²) >= 11 is 0. The van der Waals surface area contributed by atoms with Crippen LogP contribution in [0.2, 0.25) is 0 Å². The number of benzene rings is 2. The molecule has 2 aromatic carbocycles. The van der Waals surface area contributed by atoms with E-state index in [-0.39, 0.29) is 6.54 Å². The largest absolute Gasteiger partial charge is 0.496 e. The van der Waals surface area contributed by atoms with Crippen molar-refractivity contribution in [3.63, 3.8) is 0 Å². The quantitative estimate of drug-likeness (QED) is 0.772. The van der Waals surface area contributed by atoms with Crippen molar-refractivity contribution < 1.29 is 14.6 Å². The summed E-state index contributed by atoms with van der Waals surface area (Å²) in [6, 6.07) is 13.3. The van der Waals surface area contributed by atoms with E-state index in [4.69, 9.17) is 9.84 Å². The minimum Gasteiger partial charge on any atom is -0.496 e. The zero-order valence-electron chi connectivity index (χ0n) is 14.9. The molecule has 3 rings (SSSR count). The fourth-order valence-electron chi connectivity index (χ4n) is 3.65. The third kappa shape index (κ3) is 3.94. The Kier molecular flexibility index (Phi) is 5.56. The SMILES string of the molecule is CCN(CC(=O)O)C1CC(NCc2ccc(OC)c3ccccc23)C1. The standard InChI is InChI=1S/C20H26N2O3/c1-3-22(13-20(23)24)16-10-15(11-16)21-12-14-8-9-19(25-2)18-7-5-4-6-17(14)18/h4-9,15-16,21H,3,10-13H2,1-2H3,(H,23,24). The highest BCUT2D eigenvalue weighted by Crippen LogP contribution is 2.30. The Bertz CT molecular complexity index is 741. The number of likely N-dealkylation sites (N-methyl/N-ethyl adjacent to an activating group) is 1. The van der Waals surface area contributed by atoms with Crippen LogP contribution < -0.4 is 10.1 Å². The molecular formula is C20H26N2O3. The highest BCUT2D eigenvalue weighted by Gasteiger charge is 2.33. The first-order valence-electron chi connectivity index (χ1n) is 8.86. The number of rotatable bonds is 8. The van der Waals surface area contributed by atoms with Crippen molar-refractivity contribution in [3.05, 3.63) is 42.0 Å². The zero-order valence-corrected chi connectivity index (χ0v) is 14.9. The highest BCUT2D eigenvalue weighted by molar-refractivity contribution is 5.91. The maximum atomic E-state index is 10.9. The summed E-state index contributed by atoms with van der Waals surface area (Å²) in [5, 5.41) is 14.9. The monoisotopic (exact) mass is 342 g/mol. The zero-order chi connectivity index (χ0) is 17.8. The molecular weight excluding hydrogens is 316 g/mol. The molecule has 0 unspecified atom stereocenters. The van der Waals surface area contributed by atoms with Gasteiger partial charge in [-0.05, 0) is 36.4 Å². The number of methoxy groups -OCH3 is 1. The second-order valence-corrected chi connectivity index (χ2v) is 6.63. The molecule has 1 aliphatic carbocycles. The summed E-state index contributed by atoms with van der Waals surface area (Å²) in [5.74, 6) is 0.151. The third-order valence-corrected chi connectivity index (χ3v) is 5.15. The van der Waals surface area contributed by atoms with Crippen LogP contribution in [0.15, 0.2) is 36.4 Å². The van der Waals surface area contributed by atoms with Gasteiger partial charge in [0, 0.05) is 24.0 Å². The molecule has 1 fully saturated rings. The lowest BCUT2D eigenvalue weighted by Gasteiger charge is -2.42. The molecule has 0 aliphatic heterocycles. The second-order valence-electron chi connectivity index (χ2n) is 6.63. The lowest BCUT2D eigenvalue weighted by atomic mass is 9.85. The van der Waals surface area contributed by atoms with E-state index in [9.17, 15) is 4.79 Å². The molecule has 0 saturated heterocycles. The van der Waals surface area contributed by atoms with Crippen LogP contribution in [0, 0.1) is 0 Å². The van der Waals surface area contributed by atoms with Gasteiger partial charge in [-0.3, -0.25) is 9.69 Å². The average Bonchev–Trinajstić information content (AvgIpc) is 2.58. The van der Waals surface area contributed by atoms with Crippen LogP contribution in [-0.4, -0.2) is 48.3 Å². The summed E-state index contributed by atoms with van der Waals surface area (Å²) in [5.41, 5.74) is 1.26. The van der Waals surface area contributed by atoms with E-state index in [1.54, 1.807) is 7.11 Å². The molecule has 0 spiro atoms. The van der Waals surface area contributed by atoms with Gasteiger partial charge in [0.1, 0.15) is 5.75 Å². The van der Waals surface area contributed by atoms with Crippen molar-refractivity contribution >= 4 is 16.7 Å². The van der Waals surface area contributed by atoms with Crippen LogP contribution in [-0.2, 0) is 11.3 Å². The molecule has 0 radical (unpaired) electrons. The van der Waals surface area contributed by atoms with E-state index < -0.39 is 5.97 Å². The lowest BCUT2D eigenvalue weighted by Crippen LogP contribution is -2.53. The number of fused-ring (bicyclic) bond motifs is 1. The lowest BCUT2D eigenvalue weighted by molar-refractivity contribution is -0.139. The van der Waals surface area contributed by atoms with E-state index in [1.807, 2.05) is 24.0 Å². The Balaban J connectivity index is 1.59. The molecule has 0 atom stereocenters. The molecule has 0 aromatic heterocycles. The number of nitrogens with zero attached hydrogens (tertiary/aromatic N) is 1. The molecule has 25 heavy (non-hydrogen) atoms. The summed E-state index contributed by atoms with van der Waals surface area (Å²) in [4.78, 5) is 13.0. The molecule has 0 amide bonds. The van der Waals surface area contributed by atoms with Gasteiger partial charge in [-0.15, -0.1) is 0 Å². The normalized spacial score (nSPS) is 19.8. The van der Waals surface area contributed by atoms with E-state index in [2.05, 4.69) is 29.6 Å². The molecule has 5 heteroatoms. The molecule has 2 N–H and O–H groups in total. The van der Waals surface area contributed by atoms with Gasteiger partial charge in [0.25, 0.3) is 0 Å². The van der Waals surface area contributed by atoms with Gasteiger partial charge >= 0.3 is 5.97 Å². The smallest absolute Gasteiger partial charge is 0.317 e. The van der Waals surface area contributed by atoms with Gasteiger partial charge in [0.15, 0.2) is 0 Å². The van der Waals surface area contributed by atoms with Crippen molar-refractivity contribution in [2.75, 3.05) is 20.2 Å². The van der Waals surface area contributed by atoms with Gasteiger partial charge in [-0.1, -0.05) is 37.3 Å². The minimum absolute atomic E-state index is 0.136. The first-order chi connectivity index (χ1) is 12.1. The predicted molar refractivity (Wildman–Crippen MR) is 99.0 cm³/mol. The van der Waals surface area contributed by atoms with Crippen molar-refractivity contribution in [3.8, 4) is 5.75 Å². The van der Waals surface area contributed by atoms with Crippen LogP contribution >= 0.6 is 0 Å². The van der Waals surface area contributed by atoms with Crippen LogP contribution in [0.5, 0.6) is 5.75 Å². The Labute approximate surface area is 148 Å². The average molecular weight is 342 g/mol. The van der Waals surface area contributed by atoms with Gasteiger partial charge in [0.2, 0.25) is 0 Å². The maximum Gasteiger partial charge on any atom is 0.317 e. The first kappa shape index (κ1) is 17.7. The molecule has 1 aliphatic rings. The molecule has 0 heterocycles. The van der Waals surface area contributed by atoms with Crippen molar-refractivity contribution in [1.82, 2.24) is 10.2 Å². The topological polar surface area (TPSA) is 61.8 Å². The fraction of sp³-hybridized carbons (Fsp3) is 0.450. The molecule has 2 aromatic rings. The second kappa shape index (κ2) is 7.85. The minimum atomic E-state index is -0.747. The molecule has 134 valence electrons. The van der Waals surface area contributed by atoms with Crippen LogP contribution in [0.4, 0.5) is 0 Å². The van der Waals surface area contributed by atoms with Crippen LogP contribution in [0.25, 0.3) is 10.8 Å². The Morgan fingerprint density at radius 3 is 2.60 bits per heavy atom. The van der Waals surface area contributed by atoms with Gasteiger partial charge in [-0.2, -0.15) is 0 Å². The van der Waals surface area contributed by atoms with Crippen molar-refractivity contribution in [2.45, 2.75) is 38.4 Å². The summed E-state index contributed by atoms with van der Waals surface area (Å²) in [7, 11) is 1.70. The fourth-order valence-corrected chi connectivity index (χ4v) is 3.65. The van der Waals surface area contributed by atoms with Crippen LogP contribution in [0.1, 0.15) is 25.3 Å². The number of aliphatic carboxylic acids is 1. The first-order valence-corrected chi connectivity index (χ1v) is 8.86. The number of hydrogen-bond acceptors (Lipinski definition) is 4. The van der Waals surface area contributed by atoms with E-state index in [0.717, 1.165) is 37.1 Å².